The van der Waals surface area contributed by atoms with Gasteiger partial charge in [-0.05, 0) is 34.1 Å². The van der Waals surface area contributed by atoms with Gasteiger partial charge < -0.3 is 20.9 Å². The summed E-state index contributed by atoms with van der Waals surface area (Å²) in [4.78, 5) is 7.66. The quantitative estimate of drug-likeness (QED) is 0.576. The zero-order valence-corrected chi connectivity index (χ0v) is 16.1. The van der Waals surface area contributed by atoms with E-state index in [1.54, 1.807) is 44.8 Å². The Hall–Kier alpha value is -1.06. The number of nitrogens with two attached hydrogens (primary N) is 2. The summed E-state index contributed by atoms with van der Waals surface area (Å²) in [6.45, 7) is 0. The van der Waals surface area contributed by atoms with Gasteiger partial charge in [-0.3, -0.25) is 0 Å². The smallest absolute Gasteiger partial charge is 0.138 e. The van der Waals surface area contributed by atoms with Crippen LogP contribution in [0, 0.1) is 0 Å². The van der Waals surface area contributed by atoms with Gasteiger partial charge in [-0.1, -0.05) is 14.9 Å². The van der Waals surface area contributed by atoms with Crippen molar-refractivity contribution in [1.29, 1.82) is 0 Å². The third kappa shape index (κ3) is 11.2. The summed E-state index contributed by atoms with van der Waals surface area (Å²) in [6, 6.07) is 5.23. The molecule has 0 aliphatic rings. The van der Waals surface area contributed by atoms with E-state index in [1.807, 2.05) is 0 Å². The zero-order valence-electron chi connectivity index (χ0n) is 11.4. The van der Waals surface area contributed by atoms with Crippen LogP contribution in [0.1, 0.15) is 14.9 Å². The Balaban J connectivity index is -0.000000292. The number of ether oxygens (including phenoxy) is 2. The number of pyridine rings is 2. The second kappa shape index (κ2) is 15.8. The molecule has 4 N–H and O–H groups in total. The molecule has 0 aliphatic heterocycles. The van der Waals surface area contributed by atoms with Gasteiger partial charge >= 0.3 is 0 Å². The van der Waals surface area contributed by atoms with Crippen LogP contribution in [0.2, 0.25) is 0 Å². The zero-order chi connectivity index (χ0) is 16.3. The third-order valence-electron chi connectivity index (χ3n) is 2.08. The lowest BCUT2D eigenvalue weighted by Gasteiger charge is -2.00. The fourth-order valence-electron chi connectivity index (χ4n) is 1.06. The highest BCUT2D eigenvalue weighted by atomic mass is 80.9. The summed E-state index contributed by atoms with van der Waals surface area (Å²) >= 11 is 8.72. The van der Waals surface area contributed by atoms with Crippen molar-refractivity contribution in [2.45, 2.75) is 14.9 Å². The summed E-state index contributed by atoms with van der Waals surface area (Å²) in [7, 11) is 3.17. The highest BCUT2D eigenvalue weighted by Gasteiger charge is 1.97. The third-order valence-corrected chi connectivity index (χ3v) is 2.71. The maximum absolute atomic E-state index is 5.43. The molecule has 0 atom stereocenters. The molecule has 0 aliphatic carbocycles. The molecule has 9 heteroatoms. The number of halogens is 3. The summed E-state index contributed by atoms with van der Waals surface area (Å²) < 4.78 is 10.5. The predicted molar refractivity (Wildman–Crippen MR) is 109 cm³/mol. The first-order valence-electron chi connectivity index (χ1n) is 5.41. The predicted octanol–water partition coefficient (Wildman–Crippen LogP) is 5.07. The minimum Gasteiger partial charge on any atom is -0.495 e. The van der Waals surface area contributed by atoms with Crippen molar-refractivity contribution in [2.24, 2.45) is 0 Å². The van der Waals surface area contributed by atoms with Crippen LogP contribution >= 0.6 is 44.2 Å². The minimum atomic E-state index is 0. The number of nitrogens with zero attached hydrogens (tertiary/aromatic N) is 2. The topological polar surface area (TPSA) is 96.3 Å². The Kier molecular flexibility index (Phi) is 18.4. The second-order valence-electron chi connectivity index (χ2n) is 3.37. The molecule has 23 heavy (non-hydrogen) atoms. The minimum absolute atomic E-state index is 0. The molecule has 2 heterocycles. The molecule has 0 amide bonds. The number of methoxy groups -OCH3 is 2. The molecular weight excluding hydrogens is 496 g/mol. The van der Waals surface area contributed by atoms with Crippen LogP contribution in [0.25, 0.3) is 0 Å². The van der Waals surface area contributed by atoms with Gasteiger partial charge in [0, 0.05) is 28.3 Å². The molecule has 2 rings (SSSR count). The van der Waals surface area contributed by atoms with Crippen molar-refractivity contribution >= 4 is 55.8 Å². The summed E-state index contributed by atoms with van der Waals surface area (Å²) in [5.41, 5.74) is 10.7. The molecule has 2 aromatic rings. The van der Waals surface area contributed by atoms with E-state index in [4.69, 9.17) is 20.9 Å². The number of aromatic nitrogens is 2. The highest BCUT2D eigenvalue weighted by molar-refractivity contribution is 9.93. The van der Waals surface area contributed by atoms with E-state index in [0.717, 1.165) is 10.2 Å². The molecular formula is C14H23Br3N4O2. The van der Waals surface area contributed by atoms with E-state index < -0.39 is 0 Å². The monoisotopic (exact) mass is 516 g/mol. The first-order valence-corrected chi connectivity index (χ1v) is 9.92. The van der Waals surface area contributed by atoms with Crippen LogP contribution in [0.5, 0.6) is 11.5 Å². The van der Waals surface area contributed by atoms with E-state index in [-0.39, 0.29) is 14.9 Å². The lowest BCUT2D eigenvalue weighted by atomic mass is 10.4. The molecule has 2 aromatic heterocycles. The van der Waals surface area contributed by atoms with Crippen molar-refractivity contribution in [3.63, 3.8) is 0 Å². The van der Waals surface area contributed by atoms with Crippen LogP contribution < -0.4 is 20.9 Å². The van der Waals surface area contributed by atoms with Crippen molar-refractivity contribution in [3.05, 3.63) is 35.1 Å². The number of hydrogen-bond acceptors (Lipinski definition) is 6. The molecule has 0 radical (unpaired) electrons. The van der Waals surface area contributed by atoms with E-state index in [0.29, 0.717) is 17.4 Å². The van der Waals surface area contributed by atoms with Crippen molar-refractivity contribution in [3.8, 4) is 11.5 Å². The van der Waals surface area contributed by atoms with Gasteiger partial charge in [0.05, 0.1) is 31.1 Å². The summed E-state index contributed by atoms with van der Waals surface area (Å²) in [5, 5.41) is 0. The maximum Gasteiger partial charge on any atom is 0.138 e. The van der Waals surface area contributed by atoms with Crippen molar-refractivity contribution < 1.29 is 9.47 Å². The SMILES string of the molecule is BrBr.C.C.COc1ccc(N)nc1.COc1cnc(N)c(Br)c1. The van der Waals surface area contributed by atoms with E-state index in [1.165, 1.54) is 0 Å². The first-order chi connectivity index (χ1) is 10.1. The molecule has 0 bridgehead atoms. The van der Waals surface area contributed by atoms with E-state index in [2.05, 4.69) is 54.2 Å². The van der Waals surface area contributed by atoms with Gasteiger partial charge in [-0.15, -0.1) is 0 Å². The first kappa shape index (κ1) is 26.8. The van der Waals surface area contributed by atoms with Gasteiger partial charge in [0.2, 0.25) is 0 Å². The largest absolute Gasteiger partial charge is 0.495 e. The van der Waals surface area contributed by atoms with Crippen LogP contribution in [-0.2, 0) is 0 Å². The fourth-order valence-corrected chi connectivity index (χ4v) is 1.38. The molecule has 6 nitrogen and oxygen atoms in total. The Morgan fingerprint density at radius 3 is 1.83 bits per heavy atom. The molecule has 0 saturated carbocycles. The van der Waals surface area contributed by atoms with Crippen LogP contribution in [0.4, 0.5) is 11.6 Å². The van der Waals surface area contributed by atoms with E-state index >= 15 is 0 Å². The molecule has 0 unspecified atom stereocenters. The molecule has 0 fully saturated rings. The molecule has 0 saturated heterocycles. The lowest BCUT2D eigenvalue weighted by Crippen LogP contribution is -1.92. The van der Waals surface area contributed by atoms with Gasteiger partial charge in [-0.2, -0.15) is 0 Å². The van der Waals surface area contributed by atoms with Gasteiger partial charge in [0.1, 0.15) is 23.1 Å². The average molecular weight is 519 g/mol. The summed E-state index contributed by atoms with van der Waals surface area (Å²) in [5.74, 6) is 2.40. The van der Waals surface area contributed by atoms with Crippen LogP contribution in [0.3, 0.4) is 0 Å². The second-order valence-corrected chi connectivity index (χ2v) is 4.22. The lowest BCUT2D eigenvalue weighted by molar-refractivity contribution is 0.412. The van der Waals surface area contributed by atoms with Gasteiger partial charge in [0.25, 0.3) is 0 Å². The Bertz CT molecular complexity index is 528. The molecule has 0 spiro atoms. The van der Waals surface area contributed by atoms with Crippen molar-refractivity contribution in [2.75, 3.05) is 25.7 Å². The molecule has 0 aromatic carbocycles. The maximum atomic E-state index is 5.43. The van der Waals surface area contributed by atoms with Gasteiger partial charge in [-0.25, -0.2) is 9.97 Å². The number of rotatable bonds is 2. The fraction of sp³-hybridized carbons (Fsp3) is 0.286. The van der Waals surface area contributed by atoms with Gasteiger partial charge in [0.15, 0.2) is 0 Å². The van der Waals surface area contributed by atoms with Crippen molar-refractivity contribution in [1.82, 2.24) is 9.97 Å². The number of nitrogen functional groups attached to an aromatic ring is 2. The average Bonchev–Trinajstić information content (AvgIpc) is 2.53. The normalized spacial score (nSPS) is 7.87. The Labute approximate surface area is 161 Å². The van der Waals surface area contributed by atoms with Crippen LogP contribution in [0.15, 0.2) is 35.1 Å². The number of hydrogen-bond donors (Lipinski definition) is 2. The Morgan fingerprint density at radius 1 is 0.913 bits per heavy atom. The van der Waals surface area contributed by atoms with E-state index in [9.17, 15) is 0 Å². The standard InChI is InChI=1S/C6H7BrN2O.C6H8N2O.2CH4.Br2/c1-10-4-2-5(7)6(8)9-3-4;1-9-5-2-3-6(7)8-4-5;;;1-2/h2-3H,1H3,(H2,8,9);2-4H,1H3,(H2,7,8);2*1H4;. The molecule has 132 valence electrons. The highest BCUT2D eigenvalue weighted by Crippen LogP contribution is 2.21. The Morgan fingerprint density at radius 2 is 1.43 bits per heavy atom. The summed E-state index contributed by atoms with van der Waals surface area (Å²) in [6.07, 6.45) is 3.15. The van der Waals surface area contributed by atoms with Crippen LogP contribution in [-0.4, -0.2) is 24.2 Å². The number of anilines is 2.